The Labute approximate surface area is 131 Å². The molecule has 1 unspecified atom stereocenters. The molecule has 1 heterocycles. The van der Waals surface area contributed by atoms with Crippen molar-refractivity contribution in [1.29, 1.82) is 0 Å². The van der Waals surface area contributed by atoms with Crippen molar-refractivity contribution in [3.63, 3.8) is 0 Å². The number of hydrogen-bond acceptors (Lipinski definition) is 3. The van der Waals surface area contributed by atoms with Crippen LogP contribution in [0.25, 0.3) is 0 Å². The van der Waals surface area contributed by atoms with Crippen LogP contribution in [0.2, 0.25) is 5.02 Å². The van der Waals surface area contributed by atoms with Crippen LogP contribution in [0.1, 0.15) is 11.1 Å². The first-order valence-electron chi connectivity index (χ1n) is 6.65. The molecule has 0 saturated heterocycles. The summed E-state index contributed by atoms with van der Waals surface area (Å²) < 4.78 is 14.7. The summed E-state index contributed by atoms with van der Waals surface area (Å²) in [5, 5.41) is 15.8. The molecule has 0 aliphatic rings. The predicted molar refractivity (Wildman–Crippen MR) is 80.9 cm³/mol. The van der Waals surface area contributed by atoms with E-state index in [0.29, 0.717) is 16.1 Å². The summed E-state index contributed by atoms with van der Waals surface area (Å²) in [5.74, 6) is -0.369. The van der Waals surface area contributed by atoms with Gasteiger partial charge >= 0.3 is 0 Å². The molecule has 2 aromatic carbocycles. The number of aromatic nitrogens is 3. The molecule has 6 heteroatoms. The minimum Gasteiger partial charge on any atom is -0.378 e. The minimum absolute atomic E-state index is 0.113. The molecular weight excluding hydrogens is 305 g/mol. The van der Waals surface area contributed by atoms with E-state index >= 15 is 0 Å². The lowest BCUT2D eigenvalue weighted by Gasteiger charge is -2.30. The molecule has 112 valence electrons. The van der Waals surface area contributed by atoms with Gasteiger partial charge < -0.3 is 5.11 Å². The first kappa shape index (κ1) is 14.7. The smallest absolute Gasteiger partial charge is 0.137 e. The van der Waals surface area contributed by atoms with Crippen LogP contribution in [0, 0.1) is 5.82 Å². The molecule has 1 atom stereocenters. The van der Waals surface area contributed by atoms with Crippen LogP contribution in [0.5, 0.6) is 0 Å². The van der Waals surface area contributed by atoms with Gasteiger partial charge in [-0.3, -0.25) is 0 Å². The summed E-state index contributed by atoms with van der Waals surface area (Å²) in [6.07, 6.45) is 2.89. The molecular formula is C16H13ClFN3O. The molecule has 1 aromatic heterocycles. The van der Waals surface area contributed by atoms with Gasteiger partial charge in [0.1, 0.15) is 24.1 Å². The number of nitrogens with zero attached hydrogens (tertiary/aromatic N) is 3. The second-order valence-corrected chi connectivity index (χ2v) is 5.35. The molecule has 0 saturated carbocycles. The Hall–Kier alpha value is -2.24. The maximum atomic E-state index is 13.2. The second-order valence-electron chi connectivity index (χ2n) is 4.94. The maximum absolute atomic E-state index is 13.2. The summed E-state index contributed by atoms with van der Waals surface area (Å²) in [6, 6.07) is 12.7. The van der Waals surface area contributed by atoms with E-state index < -0.39 is 5.60 Å². The van der Waals surface area contributed by atoms with Crippen LogP contribution in [0.3, 0.4) is 0 Å². The second kappa shape index (κ2) is 5.87. The van der Waals surface area contributed by atoms with Gasteiger partial charge in [-0.2, -0.15) is 5.10 Å². The summed E-state index contributed by atoms with van der Waals surface area (Å²) in [5.41, 5.74) is -0.393. The van der Waals surface area contributed by atoms with Crippen molar-refractivity contribution in [2.24, 2.45) is 0 Å². The molecule has 3 aromatic rings. The van der Waals surface area contributed by atoms with Crippen LogP contribution in [-0.4, -0.2) is 19.9 Å². The van der Waals surface area contributed by atoms with E-state index in [4.69, 9.17) is 11.6 Å². The van der Waals surface area contributed by atoms with E-state index in [1.807, 2.05) is 0 Å². The molecule has 4 nitrogen and oxygen atoms in total. The van der Waals surface area contributed by atoms with Gasteiger partial charge in [0, 0.05) is 10.6 Å². The van der Waals surface area contributed by atoms with Gasteiger partial charge in [-0.1, -0.05) is 41.9 Å². The third-order valence-corrected chi connectivity index (χ3v) is 3.83. The van der Waals surface area contributed by atoms with Gasteiger partial charge in [0.2, 0.25) is 0 Å². The molecule has 0 aliphatic heterocycles. The molecule has 0 spiro atoms. The first-order chi connectivity index (χ1) is 10.6. The largest absolute Gasteiger partial charge is 0.378 e. The lowest BCUT2D eigenvalue weighted by molar-refractivity contribution is 0.0573. The standard InChI is InChI=1S/C16H13ClFN3O/c17-15-4-2-1-3-14(15)16(22,9-21-11-19-10-20-21)12-5-7-13(18)8-6-12/h1-8,10-11,22H,9H2. The highest BCUT2D eigenvalue weighted by Gasteiger charge is 2.34. The minimum atomic E-state index is -1.44. The Bertz CT molecular complexity index is 761. The highest BCUT2D eigenvalue weighted by atomic mass is 35.5. The normalized spacial score (nSPS) is 13.8. The summed E-state index contributed by atoms with van der Waals surface area (Å²) in [7, 11) is 0. The van der Waals surface area contributed by atoms with Gasteiger partial charge in [0.05, 0.1) is 6.54 Å². The number of halogens is 2. The highest BCUT2D eigenvalue weighted by molar-refractivity contribution is 6.31. The third kappa shape index (κ3) is 2.73. The fraction of sp³-hybridized carbons (Fsp3) is 0.125. The number of benzene rings is 2. The monoisotopic (exact) mass is 317 g/mol. The Morgan fingerprint density at radius 2 is 1.86 bits per heavy atom. The quantitative estimate of drug-likeness (QED) is 0.804. The van der Waals surface area contributed by atoms with Gasteiger partial charge in [-0.25, -0.2) is 14.1 Å². The molecule has 1 N–H and O–H groups in total. The highest BCUT2D eigenvalue weighted by Crippen LogP contribution is 2.35. The first-order valence-corrected chi connectivity index (χ1v) is 7.03. The molecule has 0 bridgehead atoms. The summed E-state index contributed by atoms with van der Waals surface area (Å²) >= 11 is 6.25. The van der Waals surface area contributed by atoms with Crippen LogP contribution in [0.4, 0.5) is 4.39 Å². The van der Waals surface area contributed by atoms with Gasteiger partial charge in [-0.05, 0) is 23.8 Å². The van der Waals surface area contributed by atoms with E-state index in [2.05, 4.69) is 10.1 Å². The van der Waals surface area contributed by atoms with Crippen molar-refractivity contribution in [3.8, 4) is 0 Å². The van der Waals surface area contributed by atoms with Gasteiger partial charge in [-0.15, -0.1) is 0 Å². The fourth-order valence-electron chi connectivity index (χ4n) is 2.40. The van der Waals surface area contributed by atoms with E-state index in [0.717, 1.165) is 0 Å². The topological polar surface area (TPSA) is 50.9 Å². The van der Waals surface area contributed by atoms with E-state index in [1.165, 1.54) is 41.6 Å². The van der Waals surface area contributed by atoms with Gasteiger partial charge in [0.15, 0.2) is 0 Å². The molecule has 0 fully saturated rings. The van der Waals surface area contributed by atoms with Crippen LogP contribution < -0.4 is 0 Å². The lowest BCUT2D eigenvalue weighted by Crippen LogP contribution is -2.33. The molecule has 0 radical (unpaired) electrons. The lowest BCUT2D eigenvalue weighted by atomic mass is 9.86. The predicted octanol–water partition coefficient (Wildman–Crippen LogP) is 3.01. The molecule has 22 heavy (non-hydrogen) atoms. The van der Waals surface area contributed by atoms with Crippen LogP contribution in [0.15, 0.2) is 61.2 Å². The van der Waals surface area contributed by atoms with Crippen LogP contribution >= 0.6 is 11.6 Å². The fourth-order valence-corrected chi connectivity index (χ4v) is 2.70. The number of hydrogen-bond donors (Lipinski definition) is 1. The zero-order valence-electron chi connectivity index (χ0n) is 11.5. The molecule has 3 rings (SSSR count). The van der Waals surface area contributed by atoms with Crippen molar-refractivity contribution in [2.75, 3.05) is 0 Å². The maximum Gasteiger partial charge on any atom is 0.137 e. The summed E-state index contributed by atoms with van der Waals surface area (Å²) in [6.45, 7) is 0.113. The zero-order valence-corrected chi connectivity index (χ0v) is 12.3. The van der Waals surface area contributed by atoms with Crippen molar-refractivity contribution in [2.45, 2.75) is 12.1 Å². The van der Waals surface area contributed by atoms with Crippen molar-refractivity contribution in [3.05, 3.63) is 83.2 Å². The van der Waals surface area contributed by atoms with Gasteiger partial charge in [0.25, 0.3) is 0 Å². The van der Waals surface area contributed by atoms with Crippen molar-refractivity contribution < 1.29 is 9.50 Å². The average Bonchev–Trinajstić information content (AvgIpc) is 3.01. The zero-order chi connectivity index (χ0) is 15.6. The average molecular weight is 318 g/mol. The van der Waals surface area contributed by atoms with E-state index in [9.17, 15) is 9.50 Å². The van der Waals surface area contributed by atoms with Crippen molar-refractivity contribution in [1.82, 2.24) is 14.8 Å². The van der Waals surface area contributed by atoms with E-state index in [-0.39, 0.29) is 12.4 Å². The van der Waals surface area contributed by atoms with Crippen molar-refractivity contribution >= 4 is 11.6 Å². The number of aliphatic hydroxyl groups is 1. The Morgan fingerprint density at radius 3 is 2.50 bits per heavy atom. The third-order valence-electron chi connectivity index (χ3n) is 3.50. The van der Waals surface area contributed by atoms with E-state index in [1.54, 1.807) is 24.3 Å². The molecule has 0 amide bonds. The molecule has 0 aliphatic carbocycles. The summed E-state index contributed by atoms with van der Waals surface area (Å²) in [4.78, 5) is 3.88. The Morgan fingerprint density at radius 1 is 1.14 bits per heavy atom. The number of rotatable bonds is 4. The van der Waals surface area contributed by atoms with Crippen LogP contribution in [-0.2, 0) is 12.1 Å². The Kier molecular flexibility index (Phi) is 3.92. The Balaban J connectivity index is 2.13. The SMILES string of the molecule is OC(Cn1cncn1)(c1ccc(F)cc1)c1ccccc1Cl.